The van der Waals surface area contributed by atoms with Gasteiger partial charge < -0.3 is 5.11 Å². The first-order chi connectivity index (χ1) is 12.2. The number of nitrogens with zero attached hydrogens (tertiary/aromatic N) is 8. The lowest BCUT2D eigenvalue weighted by Crippen LogP contribution is -2.11. The smallest absolute Gasteiger partial charge is 0.255 e. The number of hydrogen-bond donors (Lipinski definition) is 2. The van der Waals surface area contributed by atoms with E-state index in [1.165, 1.54) is 4.68 Å². The fraction of sp³-hybridized carbons (Fsp3) is 0.400. The number of hydrogen-bond acceptors (Lipinski definition) is 8. The molecule has 0 fully saturated rings. The zero-order valence-electron chi connectivity index (χ0n) is 14.9. The van der Waals surface area contributed by atoms with Crippen LogP contribution in [-0.4, -0.2) is 34.4 Å². The van der Waals surface area contributed by atoms with Gasteiger partial charge in [0.2, 0.25) is 11.0 Å². The number of aryl methyl sites for hydroxylation is 2. The number of azo groups is 1. The molecule has 3 heterocycles. The van der Waals surface area contributed by atoms with Gasteiger partial charge in [-0.2, -0.15) is 19.3 Å². The molecule has 0 aliphatic heterocycles. The molecule has 0 saturated heterocycles. The number of aromatic amines is 1. The van der Waals surface area contributed by atoms with Crippen LogP contribution in [0.5, 0.6) is 5.88 Å². The maximum absolute atomic E-state index is 10.4. The van der Waals surface area contributed by atoms with Crippen LogP contribution in [0.25, 0.3) is 9.98 Å². The topological polar surface area (TPSA) is 122 Å². The monoisotopic (exact) mass is 371 g/mol. The van der Waals surface area contributed by atoms with E-state index < -0.39 is 0 Å². The van der Waals surface area contributed by atoms with Gasteiger partial charge in [-0.15, -0.1) is 10.2 Å². The average Bonchev–Trinajstić information content (AvgIpc) is 3.23. The molecule has 0 atom stereocenters. The number of H-pyrrole nitrogens is 1. The Morgan fingerprint density at radius 2 is 2.00 bits per heavy atom. The van der Waals surface area contributed by atoms with Gasteiger partial charge in [0.15, 0.2) is 11.5 Å². The summed E-state index contributed by atoms with van der Waals surface area (Å²) in [5.41, 5.74) is 1.29. The van der Waals surface area contributed by atoms with Crippen LogP contribution in [0.4, 0.5) is 17.2 Å². The van der Waals surface area contributed by atoms with Crippen molar-refractivity contribution in [2.24, 2.45) is 10.2 Å². The van der Waals surface area contributed by atoms with Crippen LogP contribution in [0, 0.1) is 20.4 Å². The van der Waals surface area contributed by atoms with Crippen molar-refractivity contribution in [2.45, 2.75) is 40.0 Å². The second kappa shape index (κ2) is 6.30. The van der Waals surface area contributed by atoms with Crippen LogP contribution in [0.2, 0.25) is 0 Å². The molecular weight excluding hydrogens is 354 g/mol. The number of nitrogens with one attached hydrogen (secondary N) is 1. The summed E-state index contributed by atoms with van der Waals surface area (Å²) in [6.45, 7) is 16.7. The highest BCUT2D eigenvalue weighted by Crippen LogP contribution is 2.39. The minimum Gasteiger partial charge on any atom is -0.492 e. The number of aromatic hydroxyl groups is 1. The van der Waals surface area contributed by atoms with Crippen molar-refractivity contribution in [3.8, 4) is 11.0 Å². The Kier molecular flexibility index (Phi) is 4.29. The van der Waals surface area contributed by atoms with E-state index in [-0.39, 0.29) is 22.8 Å². The van der Waals surface area contributed by atoms with Gasteiger partial charge in [-0.05, 0) is 19.3 Å². The fourth-order valence-electron chi connectivity index (χ4n) is 2.25. The maximum Gasteiger partial charge on any atom is 0.255 e. The molecule has 0 spiro atoms. The zero-order chi connectivity index (χ0) is 19.1. The molecule has 26 heavy (non-hydrogen) atoms. The molecule has 134 valence electrons. The minimum atomic E-state index is -0.303. The third-order valence-corrected chi connectivity index (χ3v) is 4.28. The van der Waals surface area contributed by atoms with Gasteiger partial charge in [-0.3, -0.25) is 5.10 Å². The number of rotatable bonds is 3. The molecule has 0 amide bonds. The Bertz CT molecular complexity index is 1030. The van der Waals surface area contributed by atoms with E-state index in [0.29, 0.717) is 28.0 Å². The van der Waals surface area contributed by atoms with Crippen molar-refractivity contribution in [1.82, 2.24) is 29.3 Å². The minimum absolute atomic E-state index is 0.192. The Morgan fingerprint density at radius 1 is 1.27 bits per heavy atom. The normalized spacial score (nSPS) is 12.0. The van der Waals surface area contributed by atoms with E-state index in [2.05, 4.69) is 39.7 Å². The summed E-state index contributed by atoms with van der Waals surface area (Å²) < 4.78 is 5.33. The van der Waals surface area contributed by atoms with Gasteiger partial charge in [0.25, 0.3) is 5.69 Å². The van der Waals surface area contributed by atoms with E-state index in [4.69, 9.17) is 6.57 Å². The highest BCUT2D eigenvalue weighted by Gasteiger charge is 2.25. The molecule has 10 nitrogen and oxygen atoms in total. The maximum atomic E-state index is 10.4. The summed E-state index contributed by atoms with van der Waals surface area (Å²) in [5, 5.41) is 30.1. The van der Waals surface area contributed by atoms with Crippen LogP contribution >= 0.6 is 11.5 Å². The van der Waals surface area contributed by atoms with Crippen molar-refractivity contribution in [2.75, 3.05) is 0 Å². The Hall–Kier alpha value is -3.13. The quantitative estimate of drug-likeness (QED) is 0.531. The van der Waals surface area contributed by atoms with E-state index in [0.717, 1.165) is 11.5 Å². The summed E-state index contributed by atoms with van der Waals surface area (Å²) in [6.07, 6.45) is 0. The molecule has 0 aliphatic rings. The summed E-state index contributed by atoms with van der Waals surface area (Å²) in [5.74, 6) is 0.639. The largest absolute Gasteiger partial charge is 0.492 e. The van der Waals surface area contributed by atoms with Crippen molar-refractivity contribution in [3.63, 3.8) is 0 Å². The third kappa shape index (κ3) is 3.06. The summed E-state index contributed by atoms with van der Waals surface area (Å²) in [6, 6.07) is 0. The Labute approximate surface area is 153 Å². The van der Waals surface area contributed by atoms with E-state index in [9.17, 15) is 5.11 Å². The van der Waals surface area contributed by atoms with Crippen molar-refractivity contribution < 1.29 is 5.11 Å². The Balaban J connectivity index is 1.99. The van der Waals surface area contributed by atoms with Crippen molar-refractivity contribution in [3.05, 3.63) is 28.6 Å². The summed E-state index contributed by atoms with van der Waals surface area (Å²) in [7, 11) is 0. The first-order valence-electron chi connectivity index (χ1n) is 7.69. The third-order valence-electron chi connectivity index (χ3n) is 3.50. The molecule has 0 bridgehead atoms. The van der Waals surface area contributed by atoms with Gasteiger partial charge in [-0.25, -0.2) is 9.83 Å². The van der Waals surface area contributed by atoms with E-state index in [1.807, 2.05) is 20.8 Å². The average molecular weight is 371 g/mol. The van der Waals surface area contributed by atoms with Gasteiger partial charge in [-0.1, -0.05) is 20.8 Å². The van der Waals surface area contributed by atoms with Crippen LogP contribution in [0.15, 0.2) is 10.2 Å². The van der Waals surface area contributed by atoms with Crippen LogP contribution in [-0.2, 0) is 5.41 Å². The zero-order valence-corrected chi connectivity index (χ0v) is 15.7. The van der Waals surface area contributed by atoms with Gasteiger partial charge in [0, 0.05) is 11.5 Å². The van der Waals surface area contributed by atoms with Gasteiger partial charge >= 0.3 is 0 Å². The molecule has 0 radical (unpaired) electrons. The molecule has 2 N–H and O–H groups in total. The van der Waals surface area contributed by atoms with E-state index in [1.54, 1.807) is 13.8 Å². The van der Waals surface area contributed by atoms with Crippen molar-refractivity contribution >= 4 is 28.7 Å². The molecular formula is C15H17N9OS. The van der Waals surface area contributed by atoms with Crippen LogP contribution in [0.1, 0.15) is 38.0 Å². The lowest BCUT2D eigenvalue weighted by Gasteiger charge is -2.15. The molecule has 0 aliphatic carbocycles. The predicted molar refractivity (Wildman–Crippen MR) is 95.9 cm³/mol. The van der Waals surface area contributed by atoms with Crippen LogP contribution in [0.3, 0.4) is 0 Å². The highest BCUT2D eigenvalue weighted by atomic mass is 32.1. The van der Waals surface area contributed by atoms with Gasteiger partial charge in [0.1, 0.15) is 5.82 Å². The van der Waals surface area contributed by atoms with E-state index >= 15 is 0 Å². The molecule has 3 aromatic rings. The first kappa shape index (κ1) is 17.7. The van der Waals surface area contributed by atoms with Gasteiger partial charge in [0.05, 0.1) is 18.0 Å². The number of aromatic nitrogens is 6. The molecule has 3 rings (SSSR count). The lowest BCUT2D eigenvalue weighted by molar-refractivity contribution is 0.434. The Morgan fingerprint density at radius 3 is 2.58 bits per heavy atom. The SMILES string of the molecule is [C-]#[N+]c1c(C(C)(C)C)n[nH]c1/N=N/c1c(C)nn(-c2nc(C)ns2)c1O. The predicted octanol–water partition coefficient (Wildman–Crippen LogP) is 4.03. The molecule has 0 saturated carbocycles. The first-order valence-corrected chi connectivity index (χ1v) is 8.47. The molecule has 0 aromatic carbocycles. The summed E-state index contributed by atoms with van der Waals surface area (Å²) >= 11 is 1.12. The van der Waals surface area contributed by atoms with Crippen LogP contribution < -0.4 is 0 Å². The molecule has 3 aromatic heterocycles. The molecule has 0 unspecified atom stereocenters. The lowest BCUT2D eigenvalue weighted by atomic mass is 9.91. The highest BCUT2D eigenvalue weighted by molar-refractivity contribution is 7.08. The van der Waals surface area contributed by atoms with Crippen molar-refractivity contribution in [1.29, 1.82) is 0 Å². The second-order valence-corrected chi connectivity index (χ2v) is 7.36. The fourth-order valence-corrected chi connectivity index (χ4v) is 2.89. The summed E-state index contributed by atoms with van der Waals surface area (Å²) in [4.78, 5) is 7.70. The standard InChI is InChI=1S/C15H17N9OS/c1-7-9(13(25)24(22-7)14-17-8(2)23-26-14)18-20-12-10(16-6)11(19-21-12)15(3,4)5/h25H,1-5H3,(H,19,21)/b20-18+. The second-order valence-electron chi connectivity index (χ2n) is 6.62. The molecule has 11 heteroatoms.